The second-order valence-electron chi connectivity index (χ2n) is 5.74. The van der Waals surface area contributed by atoms with Crippen LogP contribution in [0.1, 0.15) is 48.3 Å². The molecule has 1 aromatic heterocycles. The van der Waals surface area contributed by atoms with E-state index in [1.54, 1.807) is 0 Å². The molecular formula is C17H23N3O. The fourth-order valence-electron chi connectivity index (χ4n) is 3.06. The van der Waals surface area contributed by atoms with Crippen molar-refractivity contribution in [2.45, 2.75) is 52.3 Å². The van der Waals surface area contributed by atoms with Crippen molar-refractivity contribution >= 4 is 0 Å². The average Bonchev–Trinajstić information content (AvgIpc) is 2.85. The Morgan fingerprint density at radius 1 is 1.38 bits per heavy atom. The summed E-state index contributed by atoms with van der Waals surface area (Å²) in [7, 11) is 0. The molecule has 1 heterocycles. The van der Waals surface area contributed by atoms with Gasteiger partial charge in [-0.15, -0.1) is 0 Å². The van der Waals surface area contributed by atoms with Gasteiger partial charge in [0.05, 0.1) is 11.4 Å². The normalized spacial score (nSPS) is 17.6. The van der Waals surface area contributed by atoms with Crippen LogP contribution in [0.15, 0.2) is 24.3 Å². The molecule has 0 saturated carbocycles. The van der Waals surface area contributed by atoms with Crippen LogP contribution in [-0.4, -0.2) is 9.78 Å². The lowest BCUT2D eigenvalue weighted by Gasteiger charge is -2.22. The highest BCUT2D eigenvalue weighted by atomic mass is 16.5. The minimum atomic E-state index is 0.187. The van der Waals surface area contributed by atoms with Gasteiger partial charge < -0.3 is 10.5 Å². The predicted molar refractivity (Wildman–Crippen MR) is 83.3 cm³/mol. The largest absolute Gasteiger partial charge is 0.487 e. The molecule has 0 radical (unpaired) electrons. The number of rotatable bonds is 4. The second kappa shape index (κ2) is 5.90. The van der Waals surface area contributed by atoms with E-state index in [4.69, 9.17) is 10.5 Å². The second-order valence-corrected chi connectivity index (χ2v) is 5.74. The molecule has 1 aromatic carbocycles. The third-order valence-corrected chi connectivity index (χ3v) is 4.15. The lowest BCUT2D eigenvalue weighted by molar-refractivity contribution is 0.292. The first kappa shape index (κ1) is 14.1. The molecule has 0 amide bonds. The number of hydrogen-bond donors (Lipinski definition) is 1. The zero-order valence-corrected chi connectivity index (χ0v) is 12.8. The minimum Gasteiger partial charge on any atom is -0.487 e. The van der Waals surface area contributed by atoms with E-state index in [1.807, 2.05) is 17.7 Å². The zero-order chi connectivity index (χ0) is 14.8. The van der Waals surface area contributed by atoms with Crippen molar-refractivity contribution in [2.75, 3.05) is 0 Å². The van der Waals surface area contributed by atoms with E-state index >= 15 is 0 Å². The first-order valence-electron chi connectivity index (χ1n) is 7.72. The highest BCUT2D eigenvalue weighted by Gasteiger charge is 2.17. The summed E-state index contributed by atoms with van der Waals surface area (Å²) in [5, 5.41) is 4.44. The predicted octanol–water partition coefficient (Wildman–Crippen LogP) is 3.13. The molecule has 1 aliphatic carbocycles. The summed E-state index contributed by atoms with van der Waals surface area (Å²) >= 11 is 0. The summed E-state index contributed by atoms with van der Waals surface area (Å²) in [6.45, 7) is 5.53. The number of hydrogen-bond acceptors (Lipinski definition) is 3. The summed E-state index contributed by atoms with van der Waals surface area (Å²) in [6, 6.07) is 8.57. The number of aromatic nitrogens is 2. The molecule has 0 spiro atoms. The van der Waals surface area contributed by atoms with Gasteiger partial charge in [0.15, 0.2) is 0 Å². The maximum absolute atomic E-state index is 6.15. The Bertz CT molecular complexity index is 633. The number of nitrogens with two attached hydrogens (primary N) is 1. The van der Waals surface area contributed by atoms with E-state index in [-0.39, 0.29) is 6.04 Å². The van der Waals surface area contributed by atoms with Crippen molar-refractivity contribution in [3.05, 3.63) is 46.8 Å². The number of fused-ring (bicyclic) bond motifs is 1. The van der Waals surface area contributed by atoms with Gasteiger partial charge in [0.1, 0.15) is 12.4 Å². The molecule has 2 aromatic rings. The molecule has 0 aliphatic heterocycles. The Morgan fingerprint density at radius 2 is 2.24 bits per heavy atom. The van der Waals surface area contributed by atoms with E-state index in [0.29, 0.717) is 6.61 Å². The van der Waals surface area contributed by atoms with Gasteiger partial charge in [-0.05, 0) is 62.4 Å². The zero-order valence-electron chi connectivity index (χ0n) is 12.8. The summed E-state index contributed by atoms with van der Waals surface area (Å²) in [5.41, 5.74) is 10.9. The summed E-state index contributed by atoms with van der Waals surface area (Å²) < 4.78 is 7.94. The monoisotopic (exact) mass is 285 g/mol. The SMILES string of the molecule is CCn1nc(C)cc1COc1ccc2c(c1)CCCC2N. The van der Waals surface area contributed by atoms with Crippen LogP contribution in [0.4, 0.5) is 0 Å². The molecule has 0 bridgehead atoms. The minimum absolute atomic E-state index is 0.187. The van der Waals surface area contributed by atoms with Crippen LogP contribution in [-0.2, 0) is 19.6 Å². The van der Waals surface area contributed by atoms with Gasteiger partial charge in [-0.3, -0.25) is 4.68 Å². The van der Waals surface area contributed by atoms with Gasteiger partial charge >= 0.3 is 0 Å². The van der Waals surface area contributed by atoms with Gasteiger partial charge in [0.25, 0.3) is 0 Å². The molecule has 1 unspecified atom stereocenters. The molecule has 0 fully saturated rings. The molecule has 4 nitrogen and oxygen atoms in total. The van der Waals surface area contributed by atoms with Gasteiger partial charge in [-0.2, -0.15) is 5.10 Å². The molecule has 2 N–H and O–H groups in total. The summed E-state index contributed by atoms with van der Waals surface area (Å²) in [5.74, 6) is 0.921. The van der Waals surface area contributed by atoms with Crippen LogP contribution >= 0.6 is 0 Å². The van der Waals surface area contributed by atoms with Crippen LogP contribution < -0.4 is 10.5 Å². The van der Waals surface area contributed by atoms with Crippen molar-refractivity contribution in [3.63, 3.8) is 0 Å². The Labute approximate surface area is 125 Å². The molecule has 21 heavy (non-hydrogen) atoms. The Kier molecular flexibility index (Phi) is 3.97. The van der Waals surface area contributed by atoms with E-state index in [0.717, 1.165) is 36.5 Å². The molecule has 1 aliphatic rings. The standard InChI is InChI=1S/C17H23N3O/c1-3-20-14(9-12(2)19-20)11-21-15-7-8-16-13(10-15)5-4-6-17(16)18/h7-10,17H,3-6,11,18H2,1-2H3. The number of nitrogens with zero attached hydrogens (tertiary/aromatic N) is 2. The van der Waals surface area contributed by atoms with Crippen molar-refractivity contribution < 1.29 is 4.74 Å². The first-order chi connectivity index (χ1) is 10.2. The van der Waals surface area contributed by atoms with Gasteiger partial charge in [0, 0.05) is 12.6 Å². The van der Waals surface area contributed by atoms with Crippen LogP contribution in [0.2, 0.25) is 0 Å². The van der Waals surface area contributed by atoms with E-state index in [2.05, 4.69) is 30.2 Å². The Morgan fingerprint density at radius 3 is 3.05 bits per heavy atom. The highest BCUT2D eigenvalue weighted by molar-refractivity contribution is 5.39. The lowest BCUT2D eigenvalue weighted by atomic mass is 9.88. The van der Waals surface area contributed by atoms with Crippen LogP contribution in [0.25, 0.3) is 0 Å². The van der Waals surface area contributed by atoms with Crippen LogP contribution in [0.5, 0.6) is 5.75 Å². The smallest absolute Gasteiger partial charge is 0.130 e. The lowest BCUT2D eigenvalue weighted by Crippen LogP contribution is -2.17. The number of ether oxygens (including phenoxy) is 1. The van der Waals surface area contributed by atoms with Crippen molar-refractivity contribution in [3.8, 4) is 5.75 Å². The van der Waals surface area contributed by atoms with Crippen LogP contribution in [0.3, 0.4) is 0 Å². The molecular weight excluding hydrogens is 262 g/mol. The number of aryl methyl sites for hydroxylation is 3. The molecule has 1 atom stereocenters. The fourth-order valence-corrected chi connectivity index (χ4v) is 3.06. The highest BCUT2D eigenvalue weighted by Crippen LogP contribution is 2.30. The van der Waals surface area contributed by atoms with E-state index < -0.39 is 0 Å². The van der Waals surface area contributed by atoms with Gasteiger partial charge in [-0.25, -0.2) is 0 Å². The maximum atomic E-state index is 6.15. The molecule has 3 rings (SSSR count). The van der Waals surface area contributed by atoms with E-state index in [1.165, 1.54) is 17.5 Å². The van der Waals surface area contributed by atoms with Gasteiger partial charge in [0.2, 0.25) is 0 Å². The number of benzene rings is 1. The summed E-state index contributed by atoms with van der Waals surface area (Å²) in [6.07, 6.45) is 3.35. The molecule has 112 valence electrons. The quantitative estimate of drug-likeness (QED) is 0.939. The van der Waals surface area contributed by atoms with Crippen molar-refractivity contribution in [2.24, 2.45) is 5.73 Å². The molecule has 4 heteroatoms. The fraction of sp³-hybridized carbons (Fsp3) is 0.471. The van der Waals surface area contributed by atoms with Crippen LogP contribution in [0, 0.1) is 6.92 Å². The van der Waals surface area contributed by atoms with Crippen molar-refractivity contribution in [1.82, 2.24) is 9.78 Å². The average molecular weight is 285 g/mol. The third-order valence-electron chi connectivity index (χ3n) is 4.15. The third kappa shape index (κ3) is 2.95. The maximum Gasteiger partial charge on any atom is 0.130 e. The summed E-state index contributed by atoms with van der Waals surface area (Å²) in [4.78, 5) is 0. The van der Waals surface area contributed by atoms with Gasteiger partial charge in [-0.1, -0.05) is 6.07 Å². The molecule has 0 saturated heterocycles. The Hall–Kier alpha value is -1.81. The Balaban J connectivity index is 1.73. The topological polar surface area (TPSA) is 53.1 Å². The van der Waals surface area contributed by atoms with Crippen molar-refractivity contribution in [1.29, 1.82) is 0 Å². The first-order valence-corrected chi connectivity index (χ1v) is 7.72. The van der Waals surface area contributed by atoms with E-state index in [9.17, 15) is 0 Å².